The Labute approximate surface area is 118 Å². The summed E-state index contributed by atoms with van der Waals surface area (Å²) in [5.41, 5.74) is 0.785. The quantitative estimate of drug-likeness (QED) is 0.877. The number of urea groups is 1. The van der Waals surface area contributed by atoms with Crippen LogP contribution in [0.5, 0.6) is 0 Å². The summed E-state index contributed by atoms with van der Waals surface area (Å²) in [5.74, 6) is 0. The number of carbonyl (C=O) groups excluding carboxylic acids is 1. The van der Waals surface area contributed by atoms with Crippen molar-refractivity contribution in [1.82, 2.24) is 9.88 Å². The highest BCUT2D eigenvalue weighted by molar-refractivity contribution is 5.89. The van der Waals surface area contributed by atoms with E-state index >= 15 is 0 Å². The second-order valence-electron chi connectivity index (χ2n) is 5.31. The summed E-state index contributed by atoms with van der Waals surface area (Å²) in [6.45, 7) is 3.26. The van der Waals surface area contributed by atoms with Gasteiger partial charge in [-0.15, -0.1) is 0 Å². The monoisotopic (exact) mass is 279 g/mol. The molecule has 1 aliphatic heterocycles. The molecule has 0 radical (unpaired) electrons. The number of likely N-dealkylation sites (N-methyl/N-ethyl adjacent to an activating group) is 1. The van der Waals surface area contributed by atoms with Crippen molar-refractivity contribution in [3.05, 3.63) is 24.0 Å². The van der Waals surface area contributed by atoms with Crippen LogP contribution in [0.15, 0.2) is 18.5 Å². The minimum Gasteiger partial charge on any atom is -0.388 e. The fourth-order valence-corrected chi connectivity index (χ4v) is 2.25. The topological polar surface area (TPSA) is 74.7 Å². The van der Waals surface area contributed by atoms with Crippen LogP contribution in [0.25, 0.3) is 0 Å². The molecule has 0 saturated carbocycles. The van der Waals surface area contributed by atoms with E-state index < -0.39 is 5.60 Å². The summed E-state index contributed by atoms with van der Waals surface area (Å²) < 4.78 is 5.23. The molecule has 0 atom stereocenters. The molecule has 1 fully saturated rings. The molecule has 2 N–H and O–H groups in total. The number of hydrogen-bond donors (Lipinski definition) is 2. The maximum Gasteiger partial charge on any atom is 0.321 e. The number of amides is 2. The van der Waals surface area contributed by atoms with E-state index in [0.717, 1.165) is 11.3 Å². The number of ether oxygens (including phenoxy) is 1. The number of hydrogen-bond acceptors (Lipinski definition) is 4. The van der Waals surface area contributed by atoms with Crippen LogP contribution >= 0.6 is 0 Å². The Morgan fingerprint density at radius 3 is 2.90 bits per heavy atom. The van der Waals surface area contributed by atoms with Crippen molar-refractivity contribution in [3.63, 3.8) is 0 Å². The summed E-state index contributed by atoms with van der Waals surface area (Å²) in [6, 6.07) is 1.52. The summed E-state index contributed by atoms with van der Waals surface area (Å²) >= 11 is 0. The van der Waals surface area contributed by atoms with Gasteiger partial charge in [0.1, 0.15) is 0 Å². The number of nitrogens with one attached hydrogen (secondary N) is 1. The first-order valence-corrected chi connectivity index (χ1v) is 6.73. The van der Waals surface area contributed by atoms with Gasteiger partial charge in [-0.3, -0.25) is 4.98 Å². The van der Waals surface area contributed by atoms with Crippen LogP contribution in [0, 0.1) is 6.92 Å². The van der Waals surface area contributed by atoms with Crippen molar-refractivity contribution < 1.29 is 14.6 Å². The first-order valence-electron chi connectivity index (χ1n) is 6.73. The van der Waals surface area contributed by atoms with Gasteiger partial charge < -0.3 is 20.1 Å². The highest BCUT2D eigenvalue weighted by atomic mass is 16.5. The van der Waals surface area contributed by atoms with Gasteiger partial charge in [-0.05, 0) is 18.6 Å². The Morgan fingerprint density at radius 1 is 1.55 bits per heavy atom. The normalized spacial score (nSPS) is 17.6. The van der Waals surface area contributed by atoms with Crippen molar-refractivity contribution in [2.45, 2.75) is 25.4 Å². The first kappa shape index (κ1) is 14.7. The lowest BCUT2D eigenvalue weighted by atomic mass is 9.94. The van der Waals surface area contributed by atoms with E-state index in [1.807, 2.05) is 6.92 Å². The Morgan fingerprint density at radius 2 is 2.25 bits per heavy atom. The molecule has 1 aliphatic rings. The fraction of sp³-hybridized carbons (Fsp3) is 0.571. The molecule has 0 aliphatic carbocycles. The predicted octanol–water partition coefficient (Wildman–Crippen LogP) is 1.40. The maximum absolute atomic E-state index is 12.1. The van der Waals surface area contributed by atoms with Crippen molar-refractivity contribution in [2.24, 2.45) is 0 Å². The van der Waals surface area contributed by atoms with Gasteiger partial charge in [-0.1, -0.05) is 0 Å². The molecule has 0 spiro atoms. The summed E-state index contributed by atoms with van der Waals surface area (Å²) in [6.07, 6.45) is 4.44. The summed E-state index contributed by atoms with van der Waals surface area (Å²) in [5, 5.41) is 13.2. The molecule has 0 bridgehead atoms. The molecular weight excluding hydrogens is 258 g/mol. The molecule has 20 heavy (non-hydrogen) atoms. The van der Waals surface area contributed by atoms with Gasteiger partial charge in [0.15, 0.2) is 0 Å². The number of aromatic nitrogens is 1. The minimum atomic E-state index is -0.850. The molecule has 2 heterocycles. The standard InChI is InChI=1S/C14H21N3O3/c1-11-9-15-6-3-12(11)16-13(18)17(2)10-14(19)4-7-20-8-5-14/h3,6,9,19H,4-5,7-8,10H2,1-2H3,(H,15,16,18). The van der Waals surface area contributed by atoms with Crippen LogP contribution < -0.4 is 5.32 Å². The van der Waals surface area contributed by atoms with E-state index in [1.165, 1.54) is 4.90 Å². The molecule has 110 valence electrons. The molecule has 2 amide bonds. The number of carbonyl (C=O) groups is 1. The van der Waals surface area contributed by atoms with Gasteiger partial charge in [0, 0.05) is 51.2 Å². The zero-order valence-electron chi connectivity index (χ0n) is 11.9. The highest BCUT2D eigenvalue weighted by Crippen LogP contribution is 2.21. The molecule has 6 heteroatoms. The minimum absolute atomic E-state index is 0.237. The van der Waals surface area contributed by atoms with Gasteiger partial charge in [0.05, 0.1) is 12.1 Å². The van der Waals surface area contributed by atoms with Gasteiger partial charge in [-0.25, -0.2) is 4.79 Å². The third-order valence-corrected chi connectivity index (χ3v) is 3.56. The second kappa shape index (κ2) is 6.19. The van der Waals surface area contributed by atoms with Crippen LogP contribution in [0.3, 0.4) is 0 Å². The van der Waals surface area contributed by atoms with E-state index in [-0.39, 0.29) is 6.03 Å². The van der Waals surface area contributed by atoms with Crippen LogP contribution in [-0.4, -0.2) is 53.4 Å². The van der Waals surface area contributed by atoms with E-state index in [4.69, 9.17) is 4.74 Å². The fourth-order valence-electron chi connectivity index (χ4n) is 2.25. The number of anilines is 1. The van der Waals surface area contributed by atoms with Crippen molar-refractivity contribution >= 4 is 11.7 Å². The maximum atomic E-state index is 12.1. The zero-order chi connectivity index (χ0) is 14.6. The van der Waals surface area contributed by atoms with Gasteiger partial charge in [0.2, 0.25) is 0 Å². The van der Waals surface area contributed by atoms with Crippen LogP contribution in [0.4, 0.5) is 10.5 Å². The third kappa shape index (κ3) is 3.68. The Bertz CT molecular complexity index is 472. The number of aliphatic hydroxyl groups is 1. The smallest absolute Gasteiger partial charge is 0.321 e. The summed E-state index contributed by atoms with van der Waals surface area (Å²) in [7, 11) is 1.68. The van der Waals surface area contributed by atoms with E-state index in [1.54, 1.807) is 25.5 Å². The van der Waals surface area contributed by atoms with E-state index in [0.29, 0.717) is 32.6 Å². The van der Waals surface area contributed by atoms with E-state index in [2.05, 4.69) is 10.3 Å². The van der Waals surface area contributed by atoms with Crippen molar-refractivity contribution in [2.75, 3.05) is 32.1 Å². The van der Waals surface area contributed by atoms with E-state index in [9.17, 15) is 9.90 Å². The molecule has 1 saturated heterocycles. The number of rotatable bonds is 3. The molecule has 1 aromatic heterocycles. The number of aryl methyl sites for hydroxylation is 1. The third-order valence-electron chi connectivity index (χ3n) is 3.56. The number of nitrogens with zero attached hydrogens (tertiary/aromatic N) is 2. The molecule has 0 aromatic carbocycles. The van der Waals surface area contributed by atoms with Gasteiger partial charge in [0.25, 0.3) is 0 Å². The molecular formula is C14H21N3O3. The average molecular weight is 279 g/mol. The summed E-state index contributed by atoms with van der Waals surface area (Å²) in [4.78, 5) is 17.6. The Hall–Kier alpha value is -1.66. The SMILES string of the molecule is Cc1cnccc1NC(=O)N(C)CC1(O)CCOCC1. The van der Waals surface area contributed by atoms with Gasteiger partial charge in [-0.2, -0.15) is 0 Å². The first-order chi connectivity index (χ1) is 9.50. The van der Waals surface area contributed by atoms with Crippen LogP contribution in [0.1, 0.15) is 18.4 Å². The van der Waals surface area contributed by atoms with Gasteiger partial charge >= 0.3 is 6.03 Å². The molecule has 2 rings (SSSR count). The second-order valence-corrected chi connectivity index (χ2v) is 5.31. The molecule has 6 nitrogen and oxygen atoms in total. The van der Waals surface area contributed by atoms with Crippen molar-refractivity contribution in [1.29, 1.82) is 0 Å². The Kier molecular flexibility index (Phi) is 4.57. The predicted molar refractivity (Wildman–Crippen MR) is 75.6 cm³/mol. The largest absolute Gasteiger partial charge is 0.388 e. The lowest BCUT2D eigenvalue weighted by Crippen LogP contribution is -2.48. The van der Waals surface area contributed by atoms with Crippen LogP contribution in [-0.2, 0) is 4.74 Å². The lowest BCUT2D eigenvalue weighted by Gasteiger charge is -2.35. The van der Waals surface area contributed by atoms with Crippen molar-refractivity contribution in [3.8, 4) is 0 Å². The molecule has 0 unspecified atom stereocenters. The lowest BCUT2D eigenvalue weighted by molar-refractivity contribution is -0.0717. The molecule has 1 aromatic rings. The highest BCUT2D eigenvalue weighted by Gasteiger charge is 2.32. The van der Waals surface area contributed by atoms with Crippen LogP contribution in [0.2, 0.25) is 0 Å². The zero-order valence-corrected chi connectivity index (χ0v) is 11.9. The Balaban J connectivity index is 1.93. The number of pyridine rings is 1. The average Bonchev–Trinajstić information content (AvgIpc) is 2.41.